The number of aryl methyl sites for hydroxylation is 1. The number of aliphatic hydroxyl groups excluding tert-OH is 1. The zero-order valence-corrected chi connectivity index (χ0v) is 14.8. The molecular formula is C19H22N2O5. The molecule has 0 aliphatic carbocycles. The molecule has 1 aliphatic heterocycles. The first-order chi connectivity index (χ1) is 12.5. The molecule has 1 aliphatic rings. The molecule has 0 spiro atoms. The lowest BCUT2D eigenvalue weighted by molar-refractivity contribution is -0.154. The Hall–Kier alpha value is -2.67. The number of likely N-dealkylation sites (tertiary alicyclic amines) is 1. The Morgan fingerprint density at radius 2 is 1.92 bits per heavy atom. The van der Waals surface area contributed by atoms with Gasteiger partial charge in [0.2, 0.25) is 5.76 Å². The smallest absolute Gasteiger partial charge is 0.334 e. The summed E-state index contributed by atoms with van der Waals surface area (Å²) < 4.78 is 9.80. The number of piperidine rings is 1. The predicted molar refractivity (Wildman–Crippen MR) is 93.3 cm³/mol. The van der Waals surface area contributed by atoms with Gasteiger partial charge in [-0.3, -0.25) is 4.79 Å². The van der Waals surface area contributed by atoms with Crippen molar-refractivity contribution in [3.8, 4) is 11.3 Å². The lowest BCUT2D eigenvalue weighted by Crippen LogP contribution is -2.43. The number of hydrogen-bond donors (Lipinski definition) is 1. The second kappa shape index (κ2) is 7.70. The van der Waals surface area contributed by atoms with Crippen LogP contribution < -0.4 is 0 Å². The van der Waals surface area contributed by atoms with Crippen LogP contribution in [0.5, 0.6) is 0 Å². The van der Waals surface area contributed by atoms with Crippen molar-refractivity contribution in [3.05, 3.63) is 41.7 Å². The summed E-state index contributed by atoms with van der Waals surface area (Å²) in [5.74, 6) is -0.883. The Kier molecular flexibility index (Phi) is 5.37. The number of benzene rings is 1. The van der Waals surface area contributed by atoms with Crippen molar-refractivity contribution in [3.63, 3.8) is 0 Å². The molecule has 1 aromatic heterocycles. The maximum Gasteiger partial charge on any atom is 0.334 e. The third-order valence-electron chi connectivity index (χ3n) is 4.78. The molecule has 1 amide bonds. The minimum absolute atomic E-state index is 0.188. The van der Waals surface area contributed by atoms with Crippen LogP contribution in [-0.4, -0.2) is 53.3 Å². The second-order valence-corrected chi connectivity index (χ2v) is 6.54. The number of methoxy groups -OCH3 is 1. The van der Waals surface area contributed by atoms with Crippen molar-refractivity contribution in [1.82, 2.24) is 10.1 Å². The van der Waals surface area contributed by atoms with E-state index in [0.29, 0.717) is 31.6 Å². The number of aromatic nitrogens is 1. The zero-order chi connectivity index (χ0) is 18.7. The minimum atomic E-state index is -1.14. The van der Waals surface area contributed by atoms with Gasteiger partial charge in [-0.15, -0.1) is 0 Å². The topological polar surface area (TPSA) is 92.9 Å². The Labute approximate surface area is 151 Å². The Morgan fingerprint density at radius 3 is 2.54 bits per heavy atom. The molecular weight excluding hydrogens is 336 g/mol. The van der Waals surface area contributed by atoms with Crippen LogP contribution in [0.4, 0.5) is 0 Å². The molecule has 26 heavy (non-hydrogen) atoms. The summed E-state index contributed by atoms with van der Waals surface area (Å²) in [7, 11) is 1.25. The summed E-state index contributed by atoms with van der Waals surface area (Å²) in [6.07, 6.45) is -0.0854. The number of hydrogen-bond acceptors (Lipinski definition) is 6. The summed E-state index contributed by atoms with van der Waals surface area (Å²) in [5.41, 5.74) is 2.65. The van der Waals surface area contributed by atoms with Gasteiger partial charge in [0.25, 0.3) is 5.91 Å². The number of aliphatic hydroxyl groups is 1. The molecule has 7 heteroatoms. The van der Waals surface area contributed by atoms with Crippen LogP contribution in [0, 0.1) is 12.8 Å². The second-order valence-electron chi connectivity index (χ2n) is 6.54. The van der Waals surface area contributed by atoms with E-state index in [-0.39, 0.29) is 17.6 Å². The van der Waals surface area contributed by atoms with Crippen LogP contribution in [0.15, 0.2) is 34.9 Å². The van der Waals surface area contributed by atoms with E-state index in [2.05, 4.69) is 9.89 Å². The molecule has 1 N–H and O–H groups in total. The molecule has 2 aromatic rings. The molecule has 2 heterocycles. The fourth-order valence-electron chi connectivity index (χ4n) is 3.12. The molecule has 1 atom stereocenters. The van der Waals surface area contributed by atoms with E-state index < -0.39 is 12.1 Å². The van der Waals surface area contributed by atoms with Gasteiger partial charge in [0.05, 0.1) is 7.11 Å². The van der Waals surface area contributed by atoms with Crippen LogP contribution in [0.1, 0.15) is 29.0 Å². The van der Waals surface area contributed by atoms with E-state index in [1.165, 1.54) is 7.11 Å². The van der Waals surface area contributed by atoms with Crippen molar-refractivity contribution in [1.29, 1.82) is 0 Å². The summed E-state index contributed by atoms with van der Waals surface area (Å²) in [6, 6.07) is 9.45. The van der Waals surface area contributed by atoms with Gasteiger partial charge < -0.3 is 19.3 Å². The number of rotatable bonds is 4. The number of amides is 1. The maximum absolute atomic E-state index is 12.6. The lowest BCUT2D eigenvalue weighted by Gasteiger charge is -2.32. The van der Waals surface area contributed by atoms with Crippen LogP contribution in [0.25, 0.3) is 11.3 Å². The Balaban J connectivity index is 1.62. The van der Waals surface area contributed by atoms with E-state index in [0.717, 1.165) is 11.1 Å². The first-order valence-corrected chi connectivity index (χ1v) is 8.58. The standard InChI is InChI=1S/C19H22N2O5/c1-12-3-5-13(6-4-12)15-11-16(26-20-15)18(23)21-9-7-14(8-10-21)17(22)19(24)25-2/h3-6,11,14,17,22H,7-10H2,1-2H3. The Bertz CT molecular complexity index is 775. The zero-order valence-electron chi connectivity index (χ0n) is 14.8. The van der Waals surface area contributed by atoms with E-state index in [9.17, 15) is 14.7 Å². The molecule has 7 nitrogen and oxygen atoms in total. The third-order valence-corrected chi connectivity index (χ3v) is 4.78. The molecule has 0 radical (unpaired) electrons. The maximum atomic E-state index is 12.6. The highest BCUT2D eigenvalue weighted by Gasteiger charge is 2.33. The molecule has 3 rings (SSSR count). The van der Waals surface area contributed by atoms with Gasteiger partial charge in [0.1, 0.15) is 5.69 Å². The minimum Gasteiger partial charge on any atom is -0.467 e. The van der Waals surface area contributed by atoms with Crippen molar-refractivity contribution in [2.45, 2.75) is 25.9 Å². The van der Waals surface area contributed by atoms with Crippen molar-refractivity contribution >= 4 is 11.9 Å². The van der Waals surface area contributed by atoms with E-state index in [1.54, 1.807) is 11.0 Å². The quantitative estimate of drug-likeness (QED) is 0.841. The predicted octanol–water partition coefficient (Wildman–Crippen LogP) is 2.04. The number of nitrogens with zero attached hydrogens (tertiary/aromatic N) is 2. The van der Waals surface area contributed by atoms with Crippen molar-refractivity contribution in [2.75, 3.05) is 20.2 Å². The fraction of sp³-hybridized carbons (Fsp3) is 0.421. The summed E-state index contributed by atoms with van der Waals surface area (Å²) >= 11 is 0. The SMILES string of the molecule is COC(=O)C(O)C1CCN(C(=O)c2cc(-c3ccc(C)cc3)no2)CC1. The van der Waals surface area contributed by atoms with Crippen LogP contribution in [-0.2, 0) is 9.53 Å². The number of ether oxygens (including phenoxy) is 1. The van der Waals surface area contributed by atoms with Gasteiger partial charge in [-0.05, 0) is 25.7 Å². The van der Waals surface area contributed by atoms with Crippen LogP contribution in [0.3, 0.4) is 0 Å². The van der Waals surface area contributed by atoms with E-state index in [1.807, 2.05) is 31.2 Å². The number of carbonyl (C=O) groups is 2. The molecule has 138 valence electrons. The van der Waals surface area contributed by atoms with Gasteiger partial charge in [-0.1, -0.05) is 35.0 Å². The van der Waals surface area contributed by atoms with E-state index in [4.69, 9.17) is 4.52 Å². The monoisotopic (exact) mass is 358 g/mol. The molecule has 1 saturated heterocycles. The molecule has 0 saturated carbocycles. The van der Waals surface area contributed by atoms with Gasteiger partial charge in [0, 0.05) is 24.7 Å². The Morgan fingerprint density at radius 1 is 1.27 bits per heavy atom. The average molecular weight is 358 g/mol. The van der Waals surface area contributed by atoms with Gasteiger partial charge in [-0.25, -0.2) is 4.79 Å². The van der Waals surface area contributed by atoms with E-state index >= 15 is 0 Å². The average Bonchev–Trinajstić information content (AvgIpc) is 3.17. The lowest BCUT2D eigenvalue weighted by atomic mass is 9.91. The van der Waals surface area contributed by atoms with Crippen LogP contribution >= 0.6 is 0 Å². The summed E-state index contributed by atoms with van der Waals surface area (Å²) in [4.78, 5) is 25.7. The van der Waals surface area contributed by atoms with Crippen LogP contribution in [0.2, 0.25) is 0 Å². The van der Waals surface area contributed by atoms with Gasteiger partial charge >= 0.3 is 5.97 Å². The molecule has 1 unspecified atom stereocenters. The molecule has 1 aromatic carbocycles. The highest BCUT2D eigenvalue weighted by molar-refractivity contribution is 5.92. The fourth-order valence-corrected chi connectivity index (χ4v) is 3.12. The highest BCUT2D eigenvalue weighted by Crippen LogP contribution is 2.24. The number of carbonyl (C=O) groups excluding carboxylic acids is 2. The number of esters is 1. The first kappa shape index (κ1) is 18.1. The normalized spacial score (nSPS) is 16.3. The molecule has 1 fully saturated rings. The van der Waals surface area contributed by atoms with Crippen molar-refractivity contribution in [2.24, 2.45) is 5.92 Å². The first-order valence-electron chi connectivity index (χ1n) is 8.58. The summed E-state index contributed by atoms with van der Waals surface area (Å²) in [5, 5.41) is 13.9. The summed E-state index contributed by atoms with van der Waals surface area (Å²) in [6.45, 7) is 2.89. The third kappa shape index (κ3) is 3.77. The van der Waals surface area contributed by atoms with Gasteiger partial charge in [-0.2, -0.15) is 0 Å². The largest absolute Gasteiger partial charge is 0.467 e. The van der Waals surface area contributed by atoms with Crippen molar-refractivity contribution < 1.29 is 24.0 Å². The van der Waals surface area contributed by atoms with Gasteiger partial charge in [0.15, 0.2) is 6.10 Å². The highest BCUT2D eigenvalue weighted by atomic mass is 16.5. The molecule has 0 bridgehead atoms.